The fraction of sp³-hybridized carbons (Fsp3) is 0.312. The molecule has 1 saturated heterocycles. The average Bonchev–Trinajstić information content (AvgIpc) is 3.34. The standard InChI is InChI=1S/C32H35N3O5S/c1-24-14-15-27-22-30(35(29(27)21-24)18-8-13-25-9-4-2-5-10-25)31(36)33-41(38,39)28-16-19-34(20-17-28)32(37)40-23-26-11-6-3-7-12-26/h2-7,9-12,14-15,21-22,28H,8,13,16-20,23H2,1H3,(H,33,36). The number of likely N-dealkylation sites (tertiary alicyclic amines) is 1. The van der Waals surface area contributed by atoms with E-state index in [-0.39, 0.29) is 32.5 Å². The van der Waals surface area contributed by atoms with Crippen molar-refractivity contribution in [2.75, 3.05) is 13.1 Å². The number of carbonyl (C=O) groups is 2. The van der Waals surface area contributed by atoms with Crippen LogP contribution >= 0.6 is 0 Å². The van der Waals surface area contributed by atoms with Gasteiger partial charge < -0.3 is 14.2 Å². The van der Waals surface area contributed by atoms with Crippen molar-refractivity contribution in [2.24, 2.45) is 0 Å². The fourth-order valence-corrected chi connectivity index (χ4v) is 6.66. The van der Waals surface area contributed by atoms with E-state index >= 15 is 0 Å². The Labute approximate surface area is 241 Å². The lowest BCUT2D eigenvalue weighted by atomic mass is 10.1. The van der Waals surface area contributed by atoms with Gasteiger partial charge in [0.1, 0.15) is 12.3 Å². The van der Waals surface area contributed by atoms with Crippen LogP contribution in [0.15, 0.2) is 84.9 Å². The normalized spacial score (nSPS) is 14.2. The van der Waals surface area contributed by atoms with E-state index in [1.807, 2.05) is 78.2 Å². The van der Waals surface area contributed by atoms with E-state index in [4.69, 9.17) is 4.74 Å². The van der Waals surface area contributed by atoms with Crippen LogP contribution in [0.4, 0.5) is 4.79 Å². The van der Waals surface area contributed by atoms with Crippen molar-refractivity contribution in [1.82, 2.24) is 14.2 Å². The Morgan fingerprint density at radius 2 is 1.56 bits per heavy atom. The molecule has 2 heterocycles. The molecule has 0 radical (unpaired) electrons. The monoisotopic (exact) mass is 573 g/mol. The fourth-order valence-electron chi connectivity index (χ4n) is 5.30. The highest BCUT2D eigenvalue weighted by molar-refractivity contribution is 7.90. The first-order valence-electron chi connectivity index (χ1n) is 14.0. The summed E-state index contributed by atoms with van der Waals surface area (Å²) in [5, 5.41) is 0.114. The number of nitrogens with zero attached hydrogens (tertiary/aromatic N) is 2. The third kappa shape index (κ3) is 6.97. The number of aryl methyl sites for hydroxylation is 3. The van der Waals surface area contributed by atoms with Crippen molar-refractivity contribution in [1.29, 1.82) is 0 Å². The van der Waals surface area contributed by atoms with Gasteiger partial charge in [-0.2, -0.15) is 0 Å². The predicted octanol–water partition coefficient (Wildman–Crippen LogP) is 5.44. The molecule has 0 aliphatic carbocycles. The molecule has 2 amide bonds. The Kier molecular flexibility index (Phi) is 8.73. The van der Waals surface area contributed by atoms with Gasteiger partial charge in [0, 0.05) is 30.5 Å². The molecule has 1 aliphatic rings. The van der Waals surface area contributed by atoms with Crippen LogP contribution in [0.5, 0.6) is 0 Å². The van der Waals surface area contributed by atoms with Gasteiger partial charge in [-0.25, -0.2) is 17.9 Å². The third-order valence-electron chi connectivity index (χ3n) is 7.56. The Hall–Kier alpha value is -4.11. The number of hydrogen-bond acceptors (Lipinski definition) is 5. The van der Waals surface area contributed by atoms with Crippen LogP contribution in [0.2, 0.25) is 0 Å². The molecule has 41 heavy (non-hydrogen) atoms. The van der Waals surface area contributed by atoms with Crippen molar-refractivity contribution < 1.29 is 22.7 Å². The number of benzene rings is 3. The molecule has 0 bridgehead atoms. The van der Waals surface area contributed by atoms with Crippen molar-refractivity contribution in [2.45, 2.75) is 51.0 Å². The van der Waals surface area contributed by atoms with Crippen molar-refractivity contribution in [3.63, 3.8) is 0 Å². The predicted molar refractivity (Wildman–Crippen MR) is 159 cm³/mol. The lowest BCUT2D eigenvalue weighted by molar-refractivity contribution is 0.0892. The second-order valence-corrected chi connectivity index (χ2v) is 12.5. The molecular weight excluding hydrogens is 538 g/mol. The first-order valence-corrected chi connectivity index (χ1v) is 15.5. The second-order valence-electron chi connectivity index (χ2n) is 10.5. The van der Waals surface area contributed by atoms with Gasteiger partial charge >= 0.3 is 6.09 Å². The zero-order valence-electron chi connectivity index (χ0n) is 23.2. The molecule has 214 valence electrons. The Morgan fingerprint density at radius 3 is 2.24 bits per heavy atom. The van der Waals surface area contributed by atoms with Crippen LogP contribution in [-0.4, -0.2) is 48.2 Å². The van der Waals surface area contributed by atoms with Gasteiger partial charge in [0.25, 0.3) is 5.91 Å². The lowest BCUT2D eigenvalue weighted by Gasteiger charge is -2.31. The van der Waals surface area contributed by atoms with Crippen LogP contribution in [0.25, 0.3) is 10.9 Å². The van der Waals surface area contributed by atoms with Gasteiger partial charge in [0.05, 0.1) is 5.25 Å². The summed E-state index contributed by atoms with van der Waals surface area (Å²) >= 11 is 0. The van der Waals surface area contributed by atoms with E-state index in [0.29, 0.717) is 12.2 Å². The molecule has 8 nitrogen and oxygen atoms in total. The van der Waals surface area contributed by atoms with Gasteiger partial charge in [-0.15, -0.1) is 0 Å². The van der Waals surface area contributed by atoms with Gasteiger partial charge in [-0.05, 0) is 61.4 Å². The molecule has 4 aromatic rings. The molecule has 3 aromatic carbocycles. The highest BCUT2D eigenvalue weighted by Crippen LogP contribution is 2.24. The molecule has 1 fully saturated rings. The van der Waals surface area contributed by atoms with Crippen LogP contribution in [0.3, 0.4) is 0 Å². The van der Waals surface area contributed by atoms with E-state index in [1.54, 1.807) is 6.07 Å². The zero-order valence-corrected chi connectivity index (χ0v) is 24.0. The molecular formula is C32H35N3O5S. The number of carbonyl (C=O) groups excluding carboxylic acids is 2. The van der Waals surface area contributed by atoms with Crippen LogP contribution < -0.4 is 4.72 Å². The summed E-state index contributed by atoms with van der Waals surface area (Å²) in [4.78, 5) is 27.4. The minimum atomic E-state index is -3.95. The van der Waals surface area contributed by atoms with E-state index < -0.39 is 27.3 Å². The van der Waals surface area contributed by atoms with E-state index in [1.165, 1.54) is 10.5 Å². The molecule has 0 unspecified atom stereocenters. The topological polar surface area (TPSA) is 97.7 Å². The second kappa shape index (κ2) is 12.6. The smallest absolute Gasteiger partial charge is 0.410 e. The average molecular weight is 574 g/mol. The van der Waals surface area contributed by atoms with Crippen molar-refractivity contribution in [3.05, 3.63) is 107 Å². The molecule has 0 saturated carbocycles. The van der Waals surface area contributed by atoms with E-state index in [0.717, 1.165) is 34.9 Å². The molecule has 1 N–H and O–H groups in total. The maximum absolute atomic E-state index is 13.4. The van der Waals surface area contributed by atoms with Gasteiger partial charge in [-0.3, -0.25) is 4.79 Å². The number of ether oxygens (including phenoxy) is 1. The maximum atomic E-state index is 13.4. The first kappa shape index (κ1) is 28.4. The maximum Gasteiger partial charge on any atom is 0.410 e. The zero-order chi connectivity index (χ0) is 28.8. The lowest BCUT2D eigenvalue weighted by Crippen LogP contribution is -2.47. The molecule has 1 aliphatic heterocycles. The van der Waals surface area contributed by atoms with Gasteiger partial charge in [-0.1, -0.05) is 72.8 Å². The number of fused-ring (bicyclic) bond motifs is 1. The molecule has 1 aromatic heterocycles. The Bertz CT molecular complexity index is 1610. The summed E-state index contributed by atoms with van der Waals surface area (Å²) in [6.45, 7) is 3.22. The summed E-state index contributed by atoms with van der Waals surface area (Å²) in [6.07, 6.45) is 1.63. The van der Waals surface area contributed by atoms with Crippen LogP contribution in [-0.2, 0) is 34.3 Å². The number of amides is 2. The van der Waals surface area contributed by atoms with Crippen molar-refractivity contribution >= 4 is 32.9 Å². The highest BCUT2D eigenvalue weighted by Gasteiger charge is 2.34. The summed E-state index contributed by atoms with van der Waals surface area (Å²) in [7, 11) is -3.95. The Morgan fingerprint density at radius 1 is 0.902 bits per heavy atom. The number of aromatic nitrogens is 1. The quantitative estimate of drug-likeness (QED) is 0.288. The third-order valence-corrected chi connectivity index (χ3v) is 9.38. The number of rotatable bonds is 9. The minimum Gasteiger partial charge on any atom is -0.445 e. The molecule has 0 atom stereocenters. The number of hydrogen-bond donors (Lipinski definition) is 1. The SMILES string of the molecule is Cc1ccc2cc(C(=O)NS(=O)(=O)C3CCN(C(=O)OCc4ccccc4)CC3)n(CCCc3ccccc3)c2c1. The van der Waals surface area contributed by atoms with Crippen molar-refractivity contribution in [3.8, 4) is 0 Å². The summed E-state index contributed by atoms with van der Waals surface area (Å²) in [5.74, 6) is -0.636. The van der Waals surface area contributed by atoms with Crippen LogP contribution in [0, 0.1) is 6.92 Å². The molecule has 5 rings (SSSR count). The van der Waals surface area contributed by atoms with Gasteiger partial charge in [0.15, 0.2) is 0 Å². The number of sulfonamides is 1. The number of piperidine rings is 1. The summed E-state index contributed by atoms with van der Waals surface area (Å²) in [5.41, 5.74) is 4.39. The summed E-state index contributed by atoms with van der Waals surface area (Å²) in [6, 6.07) is 27.2. The van der Waals surface area contributed by atoms with E-state index in [9.17, 15) is 18.0 Å². The first-order chi connectivity index (χ1) is 19.8. The largest absolute Gasteiger partial charge is 0.445 e. The Balaban J connectivity index is 1.22. The van der Waals surface area contributed by atoms with Crippen LogP contribution in [0.1, 0.15) is 46.4 Å². The van der Waals surface area contributed by atoms with E-state index in [2.05, 4.69) is 16.9 Å². The molecule has 9 heteroatoms. The van der Waals surface area contributed by atoms with Gasteiger partial charge in [0.2, 0.25) is 10.0 Å². The number of nitrogens with one attached hydrogen (secondary N) is 1. The molecule has 0 spiro atoms. The summed E-state index contributed by atoms with van der Waals surface area (Å²) < 4.78 is 36.2. The highest BCUT2D eigenvalue weighted by atomic mass is 32.2. The minimum absolute atomic E-state index is 0.160.